The van der Waals surface area contributed by atoms with Crippen molar-refractivity contribution in [2.45, 2.75) is 10.8 Å². The Morgan fingerprint density at radius 3 is 2.61 bits per heavy atom. The van der Waals surface area contributed by atoms with Gasteiger partial charge in [-0.15, -0.1) is 22.7 Å². The van der Waals surface area contributed by atoms with Crippen LogP contribution in [0.2, 0.25) is 5.02 Å². The maximum atomic E-state index is 12.0. The van der Waals surface area contributed by atoms with Gasteiger partial charge in [0.2, 0.25) is 10.0 Å². The standard InChI is InChI=1S/C9H6Br2ClNO2S3/c10-5-1-2-16-7(5)4-13-18(14,15)8-3-6(12)9(11)17-8/h1-3,13H,4H2. The van der Waals surface area contributed by atoms with Gasteiger partial charge in [-0.05, 0) is 49.4 Å². The fraction of sp³-hybridized carbons (Fsp3) is 0.111. The molecule has 0 fully saturated rings. The normalized spacial score (nSPS) is 11.9. The minimum Gasteiger partial charge on any atom is -0.206 e. The van der Waals surface area contributed by atoms with Crippen molar-refractivity contribution in [1.82, 2.24) is 4.72 Å². The van der Waals surface area contributed by atoms with Gasteiger partial charge in [0, 0.05) is 15.9 Å². The van der Waals surface area contributed by atoms with Crippen molar-refractivity contribution in [3.63, 3.8) is 0 Å². The van der Waals surface area contributed by atoms with Gasteiger partial charge in [0.05, 0.1) is 8.81 Å². The van der Waals surface area contributed by atoms with Gasteiger partial charge in [-0.25, -0.2) is 13.1 Å². The second-order valence-corrected chi connectivity index (χ2v) is 9.83. The molecule has 2 aromatic heterocycles. The highest BCUT2D eigenvalue weighted by molar-refractivity contribution is 9.11. The second-order valence-electron chi connectivity index (χ2n) is 3.20. The zero-order valence-electron chi connectivity index (χ0n) is 8.61. The van der Waals surface area contributed by atoms with Crippen LogP contribution in [0.4, 0.5) is 0 Å². The Morgan fingerprint density at radius 2 is 2.11 bits per heavy atom. The van der Waals surface area contributed by atoms with Gasteiger partial charge >= 0.3 is 0 Å². The van der Waals surface area contributed by atoms with E-state index in [1.54, 1.807) is 0 Å². The van der Waals surface area contributed by atoms with Crippen molar-refractivity contribution in [1.29, 1.82) is 0 Å². The Hall–Kier alpha value is 0.560. The van der Waals surface area contributed by atoms with E-state index in [0.717, 1.165) is 20.7 Å². The molecule has 0 aliphatic rings. The molecule has 0 aliphatic carbocycles. The van der Waals surface area contributed by atoms with Crippen LogP contribution in [-0.4, -0.2) is 8.42 Å². The van der Waals surface area contributed by atoms with Crippen LogP contribution >= 0.6 is 66.1 Å². The minimum absolute atomic E-state index is 0.201. The number of thiophene rings is 2. The van der Waals surface area contributed by atoms with E-state index in [9.17, 15) is 8.42 Å². The number of rotatable bonds is 4. The predicted octanol–water partition coefficient (Wildman–Crippen LogP) is 4.47. The van der Waals surface area contributed by atoms with Crippen LogP contribution in [0.25, 0.3) is 0 Å². The Labute approximate surface area is 134 Å². The molecule has 1 N–H and O–H groups in total. The molecule has 98 valence electrons. The number of halogens is 3. The Kier molecular flexibility index (Phi) is 4.91. The molecule has 9 heteroatoms. The summed E-state index contributed by atoms with van der Waals surface area (Å²) in [6, 6.07) is 3.31. The zero-order chi connectivity index (χ0) is 13.3. The van der Waals surface area contributed by atoms with E-state index in [4.69, 9.17) is 11.6 Å². The highest BCUT2D eigenvalue weighted by atomic mass is 79.9. The van der Waals surface area contributed by atoms with Crippen molar-refractivity contribution in [2.24, 2.45) is 0 Å². The first-order chi connectivity index (χ1) is 8.40. The summed E-state index contributed by atoms with van der Waals surface area (Å²) < 4.78 is 28.3. The second kappa shape index (κ2) is 5.90. The van der Waals surface area contributed by atoms with E-state index in [1.165, 1.54) is 17.4 Å². The molecule has 18 heavy (non-hydrogen) atoms. The molecular formula is C9H6Br2ClNO2S3. The molecule has 2 rings (SSSR count). The molecule has 0 amide bonds. The van der Waals surface area contributed by atoms with Crippen LogP contribution in [0.5, 0.6) is 0 Å². The summed E-state index contributed by atoms with van der Waals surface area (Å²) in [5.41, 5.74) is 0. The Morgan fingerprint density at radius 1 is 1.39 bits per heavy atom. The third-order valence-electron chi connectivity index (χ3n) is 2.00. The van der Waals surface area contributed by atoms with Crippen LogP contribution in [-0.2, 0) is 16.6 Å². The van der Waals surface area contributed by atoms with Gasteiger partial charge in [0.15, 0.2) is 0 Å². The van der Waals surface area contributed by atoms with Crippen molar-refractivity contribution < 1.29 is 8.42 Å². The number of hydrogen-bond acceptors (Lipinski definition) is 4. The van der Waals surface area contributed by atoms with Gasteiger partial charge in [-0.2, -0.15) is 0 Å². The van der Waals surface area contributed by atoms with Crippen LogP contribution < -0.4 is 4.72 Å². The highest BCUT2D eigenvalue weighted by Gasteiger charge is 2.19. The van der Waals surface area contributed by atoms with E-state index in [0.29, 0.717) is 8.81 Å². The lowest BCUT2D eigenvalue weighted by Crippen LogP contribution is -2.22. The SMILES string of the molecule is O=S(=O)(NCc1sccc1Br)c1cc(Cl)c(Br)s1. The van der Waals surface area contributed by atoms with E-state index in [2.05, 4.69) is 36.6 Å². The Bertz CT molecular complexity index is 646. The van der Waals surface area contributed by atoms with Gasteiger partial charge in [-0.1, -0.05) is 11.6 Å². The van der Waals surface area contributed by atoms with E-state index in [1.807, 2.05) is 11.4 Å². The summed E-state index contributed by atoms with van der Waals surface area (Å²) in [6.07, 6.45) is 0. The van der Waals surface area contributed by atoms with E-state index < -0.39 is 10.0 Å². The quantitative estimate of drug-likeness (QED) is 0.746. The van der Waals surface area contributed by atoms with Gasteiger partial charge < -0.3 is 0 Å². The highest BCUT2D eigenvalue weighted by Crippen LogP contribution is 2.34. The minimum atomic E-state index is -3.51. The maximum Gasteiger partial charge on any atom is 0.250 e. The van der Waals surface area contributed by atoms with Crippen LogP contribution in [0.1, 0.15) is 4.88 Å². The fourth-order valence-corrected chi connectivity index (χ4v) is 6.10. The van der Waals surface area contributed by atoms with Crippen molar-refractivity contribution in [2.75, 3.05) is 0 Å². The topological polar surface area (TPSA) is 46.2 Å². The van der Waals surface area contributed by atoms with E-state index >= 15 is 0 Å². The first kappa shape index (κ1) is 15.0. The van der Waals surface area contributed by atoms with Crippen molar-refractivity contribution in [3.05, 3.63) is 35.7 Å². The molecule has 0 atom stereocenters. The summed E-state index contributed by atoms with van der Waals surface area (Å²) >= 11 is 15.0. The lowest BCUT2D eigenvalue weighted by Gasteiger charge is -2.03. The largest absolute Gasteiger partial charge is 0.250 e. The molecule has 0 saturated heterocycles. The Balaban J connectivity index is 2.15. The maximum absolute atomic E-state index is 12.0. The summed E-state index contributed by atoms with van der Waals surface area (Å²) in [6.45, 7) is 0.258. The number of hydrogen-bond donors (Lipinski definition) is 1. The molecule has 0 radical (unpaired) electrons. The molecule has 0 unspecified atom stereocenters. The molecule has 2 aromatic rings. The molecule has 0 spiro atoms. The fourth-order valence-electron chi connectivity index (χ4n) is 1.14. The monoisotopic (exact) mass is 449 g/mol. The third kappa shape index (κ3) is 3.36. The molecule has 0 aromatic carbocycles. The van der Waals surface area contributed by atoms with Gasteiger partial charge in [0.25, 0.3) is 0 Å². The third-order valence-corrected chi connectivity index (χ3v) is 8.28. The number of sulfonamides is 1. The van der Waals surface area contributed by atoms with Crippen molar-refractivity contribution >= 4 is 76.2 Å². The molecule has 0 aliphatic heterocycles. The van der Waals surface area contributed by atoms with Crippen LogP contribution in [0.3, 0.4) is 0 Å². The first-order valence-electron chi connectivity index (χ1n) is 4.56. The molecule has 0 bridgehead atoms. The van der Waals surface area contributed by atoms with E-state index in [-0.39, 0.29) is 10.8 Å². The van der Waals surface area contributed by atoms with Gasteiger partial charge in [0.1, 0.15) is 4.21 Å². The van der Waals surface area contributed by atoms with Crippen molar-refractivity contribution in [3.8, 4) is 0 Å². The molecule has 0 saturated carbocycles. The molecule has 2 heterocycles. The summed E-state index contributed by atoms with van der Waals surface area (Å²) in [4.78, 5) is 0.931. The lowest BCUT2D eigenvalue weighted by atomic mass is 10.5. The molecule has 3 nitrogen and oxygen atoms in total. The first-order valence-corrected chi connectivity index (χ1v) is 9.71. The lowest BCUT2D eigenvalue weighted by molar-refractivity contribution is 0.584. The van der Waals surface area contributed by atoms with Gasteiger partial charge in [-0.3, -0.25) is 0 Å². The number of nitrogens with one attached hydrogen (secondary N) is 1. The van der Waals surface area contributed by atoms with Crippen LogP contribution in [0, 0.1) is 0 Å². The van der Waals surface area contributed by atoms with Crippen LogP contribution in [0.15, 0.2) is 30.0 Å². The smallest absolute Gasteiger partial charge is 0.206 e. The molecular weight excluding hydrogens is 446 g/mol. The average molecular weight is 452 g/mol. The summed E-state index contributed by atoms with van der Waals surface area (Å²) in [5.74, 6) is 0. The summed E-state index contributed by atoms with van der Waals surface area (Å²) in [7, 11) is -3.51. The predicted molar refractivity (Wildman–Crippen MR) is 83.1 cm³/mol. The summed E-state index contributed by atoms with van der Waals surface area (Å²) in [5, 5.41) is 2.30. The average Bonchev–Trinajstić information content (AvgIpc) is 2.84. The zero-order valence-corrected chi connectivity index (χ0v) is 15.0.